The van der Waals surface area contributed by atoms with Crippen LogP contribution in [0, 0.1) is 0 Å². The molecule has 0 aliphatic carbocycles. The lowest BCUT2D eigenvalue weighted by molar-refractivity contribution is -0.133. The van der Waals surface area contributed by atoms with Gasteiger partial charge in [-0.05, 0) is 25.5 Å². The van der Waals surface area contributed by atoms with Crippen LogP contribution in [0.15, 0.2) is 5.16 Å². The van der Waals surface area contributed by atoms with E-state index in [-0.39, 0.29) is 10.5 Å². The number of carboxylic acids is 1. The van der Waals surface area contributed by atoms with Crippen LogP contribution in [0.3, 0.4) is 0 Å². The van der Waals surface area contributed by atoms with Crippen LogP contribution in [0.5, 0.6) is 0 Å². The predicted molar refractivity (Wildman–Crippen MR) is 67.6 cm³/mol. The fourth-order valence-corrected chi connectivity index (χ4v) is 3.69. The summed E-state index contributed by atoms with van der Waals surface area (Å²) in [7, 11) is 0. The van der Waals surface area contributed by atoms with Gasteiger partial charge in [-0.2, -0.15) is 0 Å². The molecule has 1 aliphatic rings. The van der Waals surface area contributed by atoms with Crippen molar-refractivity contribution in [3.05, 3.63) is 5.82 Å². The molecule has 94 valence electrons. The fourth-order valence-electron chi connectivity index (χ4n) is 1.82. The van der Waals surface area contributed by atoms with E-state index in [1.165, 1.54) is 4.68 Å². The van der Waals surface area contributed by atoms with Crippen molar-refractivity contribution in [1.29, 1.82) is 0 Å². The molecule has 0 bridgehead atoms. The number of aliphatic carboxylic acids is 1. The number of nitrogens with two attached hydrogens (primary N) is 1. The van der Waals surface area contributed by atoms with E-state index in [1.54, 1.807) is 0 Å². The minimum Gasteiger partial charge on any atom is -0.481 e. The van der Waals surface area contributed by atoms with Crippen molar-refractivity contribution >= 4 is 29.5 Å². The van der Waals surface area contributed by atoms with Crippen LogP contribution in [0.25, 0.3) is 0 Å². The third-order valence-corrected chi connectivity index (χ3v) is 5.13. The highest BCUT2D eigenvalue weighted by molar-refractivity contribution is 8.00. The Morgan fingerprint density at radius 2 is 2.47 bits per heavy atom. The summed E-state index contributed by atoms with van der Waals surface area (Å²) in [5.41, 5.74) is 0. The molecule has 1 fully saturated rings. The summed E-state index contributed by atoms with van der Waals surface area (Å²) in [4.78, 5) is 10.5. The Labute approximate surface area is 107 Å². The maximum absolute atomic E-state index is 10.5. The first-order chi connectivity index (χ1) is 8.03. The zero-order valence-electron chi connectivity index (χ0n) is 9.42. The second kappa shape index (κ2) is 4.77. The number of carbonyl (C=O) groups is 1. The minimum absolute atomic E-state index is 0.0564. The molecule has 1 saturated heterocycles. The smallest absolute Gasteiger partial charge is 0.313 e. The molecule has 0 amide bonds. The third kappa shape index (κ3) is 2.52. The van der Waals surface area contributed by atoms with Crippen molar-refractivity contribution in [3.8, 4) is 0 Å². The summed E-state index contributed by atoms with van der Waals surface area (Å²) in [5.74, 6) is 6.80. The van der Waals surface area contributed by atoms with Crippen LogP contribution >= 0.6 is 23.5 Å². The highest BCUT2D eigenvalue weighted by Gasteiger charge is 2.36. The Hall–Kier alpha value is -0.890. The summed E-state index contributed by atoms with van der Waals surface area (Å²) in [6, 6.07) is 0. The topological polar surface area (TPSA) is 94.0 Å². The van der Waals surface area contributed by atoms with Crippen LogP contribution in [0.1, 0.15) is 25.6 Å². The van der Waals surface area contributed by atoms with Gasteiger partial charge in [-0.15, -0.1) is 22.0 Å². The molecule has 3 N–H and O–H groups in total. The SMILES string of the molecule is CC1(c2nnc(SCC(=O)O)n2N)CCCS1. The Balaban J connectivity index is 2.17. The van der Waals surface area contributed by atoms with Gasteiger partial charge in [-0.25, -0.2) is 4.68 Å². The van der Waals surface area contributed by atoms with Crippen molar-refractivity contribution in [3.63, 3.8) is 0 Å². The molecular formula is C9H14N4O2S2. The second-order valence-corrected chi connectivity index (χ2v) is 6.58. The molecule has 1 aromatic heterocycles. The molecule has 1 aliphatic heterocycles. The first-order valence-electron chi connectivity index (χ1n) is 5.22. The number of hydrogen-bond acceptors (Lipinski definition) is 6. The molecule has 0 aromatic carbocycles. The van der Waals surface area contributed by atoms with Crippen molar-refractivity contribution in [2.24, 2.45) is 0 Å². The molecule has 17 heavy (non-hydrogen) atoms. The normalized spacial score (nSPS) is 24.1. The van der Waals surface area contributed by atoms with E-state index < -0.39 is 5.97 Å². The Morgan fingerprint density at radius 3 is 3.06 bits per heavy atom. The summed E-state index contributed by atoms with van der Waals surface area (Å²) in [6.45, 7) is 2.10. The highest BCUT2D eigenvalue weighted by Crippen LogP contribution is 2.45. The molecule has 1 aromatic rings. The van der Waals surface area contributed by atoms with Crippen molar-refractivity contribution in [2.45, 2.75) is 29.7 Å². The first-order valence-corrected chi connectivity index (χ1v) is 7.19. The zero-order valence-corrected chi connectivity index (χ0v) is 11.1. The van der Waals surface area contributed by atoms with Crippen LogP contribution in [-0.2, 0) is 9.54 Å². The van der Waals surface area contributed by atoms with Crippen molar-refractivity contribution in [2.75, 3.05) is 17.3 Å². The average molecular weight is 274 g/mol. The van der Waals surface area contributed by atoms with Crippen molar-refractivity contribution in [1.82, 2.24) is 14.9 Å². The van der Waals surface area contributed by atoms with Crippen LogP contribution in [0.2, 0.25) is 0 Å². The van der Waals surface area contributed by atoms with Gasteiger partial charge < -0.3 is 10.9 Å². The van der Waals surface area contributed by atoms with E-state index in [2.05, 4.69) is 17.1 Å². The quantitative estimate of drug-likeness (QED) is 0.622. The maximum atomic E-state index is 10.5. The Kier molecular flexibility index (Phi) is 3.53. The van der Waals surface area contributed by atoms with E-state index in [0.717, 1.165) is 36.2 Å². The summed E-state index contributed by atoms with van der Waals surface area (Å²) < 4.78 is 1.33. The lowest BCUT2D eigenvalue weighted by Crippen LogP contribution is -2.24. The van der Waals surface area contributed by atoms with Gasteiger partial charge in [0.15, 0.2) is 5.82 Å². The highest BCUT2D eigenvalue weighted by atomic mass is 32.2. The van der Waals surface area contributed by atoms with Gasteiger partial charge in [-0.1, -0.05) is 11.8 Å². The average Bonchev–Trinajstić information content (AvgIpc) is 2.83. The van der Waals surface area contributed by atoms with Gasteiger partial charge in [0.25, 0.3) is 0 Å². The number of thioether (sulfide) groups is 2. The van der Waals surface area contributed by atoms with Gasteiger partial charge in [0.2, 0.25) is 5.16 Å². The number of rotatable bonds is 4. The predicted octanol–water partition coefficient (Wildman–Crippen LogP) is 0.911. The second-order valence-electron chi connectivity index (χ2n) is 4.04. The molecule has 8 heteroatoms. The number of hydrogen-bond donors (Lipinski definition) is 2. The van der Waals surface area contributed by atoms with Gasteiger partial charge >= 0.3 is 5.97 Å². The van der Waals surface area contributed by atoms with E-state index in [1.807, 2.05) is 11.8 Å². The fraction of sp³-hybridized carbons (Fsp3) is 0.667. The molecule has 1 unspecified atom stereocenters. The van der Waals surface area contributed by atoms with Gasteiger partial charge in [0.1, 0.15) is 0 Å². The zero-order chi connectivity index (χ0) is 12.5. The number of nitrogen functional groups attached to an aromatic ring is 1. The van der Waals surface area contributed by atoms with E-state index >= 15 is 0 Å². The Morgan fingerprint density at radius 1 is 1.71 bits per heavy atom. The molecule has 0 saturated carbocycles. The number of carboxylic acid groups (broad SMARTS) is 1. The summed E-state index contributed by atoms with van der Waals surface area (Å²) in [6.07, 6.45) is 2.17. The van der Waals surface area contributed by atoms with E-state index in [4.69, 9.17) is 10.9 Å². The largest absolute Gasteiger partial charge is 0.481 e. The molecule has 6 nitrogen and oxygen atoms in total. The molecule has 0 spiro atoms. The minimum atomic E-state index is -0.888. The van der Waals surface area contributed by atoms with Crippen LogP contribution in [0.4, 0.5) is 0 Å². The summed E-state index contributed by atoms with van der Waals surface area (Å²) in [5, 5.41) is 17.1. The van der Waals surface area contributed by atoms with Gasteiger partial charge in [0, 0.05) is 0 Å². The molecule has 2 rings (SSSR count). The van der Waals surface area contributed by atoms with Gasteiger partial charge in [-0.3, -0.25) is 4.79 Å². The summed E-state index contributed by atoms with van der Waals surface area (Å²) >= 11 is 2.91. The molecule has 2 heterocycles. The van der Waals surface area contributed by atoms with Gasteiger partial charge in [0.05, 0.1) is 10.5 Å². The van der Waals surface area contributed by atoms with Crippen molar-refractivity contribution < 1.29 is 9.90 Å². The molecule has 0 radical (unpaired) electrons. The van der Waals surface area contributed by atoms with Crippen LogP contribution < -0.4 is 5.84 Å². The molecule has 1 atom stereocenters. The standard InChI is InChI=1S/C9H14N4O2S2/c1-9(3-2-4-17-9)7-11-12-8(13(7)10)16-5-6(14)15/h2-5,10H2,1H3,(H,14,15). The Bertz CT molecular complexity index is 429. The number of aromatic nitrogens is 3. The lowest BCUT2D eigenvalue weighted by atomic mass is 10.1. The lowest BCUT2D eigenvalue weighted by Gasteiger charge is -2.20. The third-order valence-electron chi connectivity index (χ3n) is 2.68. The first kappa shape index (κ1) is 12.6. The maximum Gasteiger partial charge on any atom is 0.313 e. The van der Waals surface area contributed by atoms with E-state index in [0.29, 0.717) is 5.16 Å². The monoisotopic (exact) mass is 274 g/mol. The van der Waals surface area contributed by atoms with E-state index in [9.17, 15) is 4.79 Å². The van der Waals surface area contributed by atoms with Crippen LogP contribution in [-0.4, -0.2) is 37.5 Å². The number of nitrogens with zero attached hydrogens (tertiary/aromatic N) is 3. The molecular weight excluding hydrogens is 260 g/mol.